The number of benzene rings is 3. The Morgan fingerprint density at radius 3 is 2.27 bits per heavy atom. The molecular weight excluding hydrogens is 392 g/mol. The van der Waals surface area contributed by atoms with E-state index < -0.39 is 0 Å². The van der Waals surface area contributed by atoms with Gasteiger partial charge in [-0.15, -0.1) is 0 Å². The summed E-state index contributed by atoms with van der Waals surface area (Å²) >= 11 is 5.42. The first-order valence-electron chi connectivity index (χ1n) is 9.80. The molecule has 1 fully saturated rings. The zero-order chi connectivity index (χ0) is 20.9. The van der Waals surface area contributed by atoms with Gasteiger partial charge < -0.3 is 10.1 Å². The van der Waals surface area contributed by atoms with Crippen LogP contribution >= 0.6 is 12.2 Å². The van der Waals surface area contributed by atoms with E-state index in [4.69, 9.17) is 17.0 Å². The summed E-state index contributed by atoms with van der Waals surface area (Å²) in [6.07, 6.45) is 1.81. The normalized spacial score (nSPS) is 15.9. The number of ether oxygens (including phenoxy) is 1. The summed E-state index contributed by atoms with van der Waals surface area (Å²) in [5.41, 5.74) is 3.53. The van der Waals surface area contributed by atoms with Crippen LogP contribution in [0.1, 0.15) is 29.7 Å². The van der Waals surface area contributed by atoms with Crippen molar-refractivity contribution < 1.29 is 9.53 Å². The molecule has 3 aromatic carbocycles. The molecule has 4 nitrogen and oxygen atoms in total. The molecule has 1 aliphatic heterocycles. The Labute approximate surface area is 181 Å². The number of amides is 1. The summed E-state index contributed by atoms with van der Waals surface area (Å²) in [7, 11) is 0. The van der Waals surface area contributed by atoms with Gasteiger partial charge in [-0.1, -0.05) is 72.8 Å². The predicted molar refractivity (Wildman–Crippen MR) is 123 cm³/mol. The van der Waals surface area contributed by atoms with E-state index in [1.807, 2.05) is 97.9 Å². The zero-order valence-electron chi connectivity index (χ0n) is 16.6. The van der Waals surface area contributed by atoms with E-state index >= 15 is 0 Å². The summed E-state index contributed by atoms with van der Waals surface area (Å²) in [4.78, 5) is 14.6. The largest absolute Gasteiger partial charge is 0.489 e. The number of thiocarbonyl (C=S) groups is 1. The van der Waals surface area contributed by atoms with E-state index in [0.717, 1.165) is 22.4 Å². The molecule has 0 saturated carbocycles. The van der Waals surface area contributed by atoms with Crippen molar-refractivity contribution in [2.75, 3.05) is 0 Å². The van der Waals surface area contributed by atoms with Gasteiger partial charge >= 0.3 is 0 Å². The standard InChI is InChI=1S/C25H22N2O2S/c1-18(21-10-6-3-7-11-21)27-24(28)23(26-25(27)30)16-19-12-14-22(15-13-19)29-17-20-8-4-2-5-9-20/h2-16,18H,17H2,1H3,(H,26,30)/b23-16-. The third-order valence-electron chi connectivity index (χ3n) is 5.02. The second-order valence-corrected chi connectivity index (χ2v) is 7.48. The third kappa shape index (κ3) is 4.42. The quantitative estimate of drug-likeness (QED) is 0.451. The second kappa shape index (κ2) is 8.93. The Morgan fingerprint density at radius 1 is 0.967 bits per heavy atom. The summed E-state index contributed by atoms with van der Waals surface area (Å²) in [6.45, 7) is 2.49. The SMILES string of the molecule is CC(c1ccccc1)N1C(=O)/C(=C/c2ccc(OCc3ccccc3)cc2)NC1=S. The van der Waals surface area contributed by atoms with Crippen LogP contribution in [0.15, 0.2) is 90.6 Å². The number of carbonyl (C=O) groups is 1. The van der Waals surface area contributed by atoms with Gasteiger partial charge in [0, 0.05) is 0 Å². The van der Waals surface area contributed by atoms with Crippen molar-refractivity contribution in [2.45, 2.75) is 19.6 Å². The Morgan fingerprint density at radius 2 is 1.60 bits per heavy atom. The first-order chi connectivity index (χ1) is 14.6. The Balaban J connectivity index is 1.44. The molecule has 1 unspecified atom stereocenters. The average Bonchev–Trinajstić information content (AvgIpc) is 3.07. The van der Waals surface area contributed by atoms with E-state index in [2.05, 4.69) is 5.32 Å². The molecule has 0 aromatic heterocycles. The summed E-state index contributed by atoms with van der Waals surface area (Å²) < 4.78 is 5.82. The maximum atomic E-state index is 12.9. The fourth-order valence-corrected chi connectivity index (χ4v) is 3.70. The van der Waals surface area contributed by atoms with Gasteiger partial charge in [0.15, 0.2) is 5.11 Å². The molecule has 1 heterocycles. The van der Waals surface area contributed by atoms with E-state index in [1.54, 1.807) is 4.90 Å². The van der Waals surface area contributed by atoms with Gasteiger partial charge in [0.25, 0.3) is 5.91 Å². The highest BCUT2D eigenvalue weighted by atomic mass is 32.1. The van der Waals surface area contributed by atoms with Crippen molar-refractivity contribution in [1.82, 2.24) is 10.2 Å². The highest BCUT2D eigenvalue weighted by Gasteiger charge is 2.34. The van der Waals surface area contributed by atoms with Crippen molar-refractivity contribution in [3.8, 4) is 5.75 Å². The van der Waals surface area contributed by atoms with E-state index in [-0.39, 0.29) is 11.9 Å². The minimum Gasteiger partial charge on any atom is -0.489 e. The smallest absolute Gasteiger partial charge is 0.277 e. The van der Waals surface area contributed by atoms with Crippen LogP contribution < -0.4 is 10.1 Å². The van der Waals surface area contributed by atoms with Crippen LogP contribution in [0, 0.1) is 0 Å². The Kier molecular flexibility index (Phi) is 5.91. The van der Waals surface area contributed by atoms with E-state index in [0.29, 0.717) is 17.4 Å². The van der Waals surface area contributed by atoms with Crippen LogP contribution in [0.25, 0.3) is 6.08 Å². The monoisotopic (exact) mass is 414 g/mol. The predicted octanol–water partition coefficient (Wildman–Crippen LogP) is 5.08. The van der Waals surface area contributed by atoms with Gasteiger partial charge in [-0.25, -0.2) is 0 Å². The highest BCUT2D eigenvalue weighted by Crippen LogP contribution is 2.26. The fraction of sp³-hybridized carbons (Fsp3) is 0.120. The summed E-state index contributed by atoms with van der Waals surface area (Å²) in [6, 6.07) is 27.4. The van der Waals surface area contributed by atoms with E-state index in [1.165, 1.54) is 0 Å². The minimum absolute atomic E-state index is 0.124. The summed E-state index contributed by atoms with van der Waals surface area (Å²) in [5, 5.41) is 3.47. The van der Waals surface area contributed by atoms with Crippen molar-refractivity contribution >= 4 is 29.3 Å². The molecule has 0 radical (unpaired) electrons. The topological polar surface area (TPSA) is 41.6 Å². The lowest BCUT2D eigenvalue weighted by molar-refractivity contribution is -0.123. The molecule has 1 atom stereocenters. The number of nitrogens with one attached hydrogen (secondary N) is 1. The Hall–Kier alpha value is -3.44. The molecule has 0 aliphatic carbocycles. The lowest BCUT2D eigenvalue weighted by Gasteiger charge is -2.23. The average molecular weight is 415 g/mol. The number of nitrogens with zero attached hydrogens (tertiary/aromatic N) is 1. The molecule has 0 bridgehead atoms. The Bertz CT molecular complexity index is 1060. The highest BCUT2D eigenvalue weighted by molar-refractivity contribution is 7.80. The molecule has 0 spiro atoms. The molecule has 1 aliphatic rings. The molecule has 1 saturated heterocycles. The van der Waals surface area contributed by atoms with Gasteiger partial charge in [-0.05, 0) is 54.0 Å². The van der Waals surface area contributed by atoms with Crippen LogP contribution in [-0.2, 0) is 11.4 Å². The van der Waals surface area contributed by atoms with Gasteiger partial charge in [0.2, 0.25) is 0 Å². The zero-order valence-corrected chi connectivity index (χ0v) is 17.4. The van der Waals surface area contributed by atoms with Gasteiger partial charge in [0.05, 0.1) is 6.04 Å². The molecule has 30 heavy (non-hydrogen) atoms. The van der Waals surface area contributed by atoms with Gasteiger partial charge in [0.1, 0.15) is 18.1 Å². The molecule has 5 heteroatoms. The van der Waals surface area contributed by atoms with Crippen molar-refractivity contribution in [3.05, 3.63) is 107 Å². The molecule has 4 rings (SSSR count). The van der Waals surface area contributed by atoms with Crippen molar-refractivity contribution in [1.29, 1.82) is 0 Å². The number of rotatable bonds is 6. The number of hydrogen-bond donors (Lipinski definition) is 1. The fourth-order valence-electron chi connectivity index (χ4n) is 3.35. The molecule has 3 aromatic rings. The molecule has 150 valence electrons. The molecule has 1 N–H and O–H groups in total. The number of carbonyl (C=O) groups excluding carboxylic acids is 1. The first-order valence-corrected chi connectivity index (χ1v) is 10.2. The maximum absolute atomic E-state index is 12.9. The van der Waals surface area contributed by atoms with Crippen LogP contribution in [0.4, 0.5) is 0 Å². The molecule has 1 amide bonds. The van der Waals surface area contributed by atoms with Crippen LogP contribution in [0.5, 0.6) is 5.75 Å². The van der Waals surface area contributed by atoms with Crippen LogP contribution in [0.2, 0.25) is 0 Å². The third-order valence-corrected chi connectivity index (χ3v) is 5.32. The second-order valence-electron chi connectivity index (χ2n) is 7.09. The lowest BCUT2D eigenvalue weighted by atomic mass is 10.1. The van der Waals surface area contributed by atoms with Gasteiger partial charge in [-0.2, -0.15) is 0 Å². The minimum atomic E-state index is -0.140. The van der Waals surface area contributed by atoms with Crippen molar-refractivity contribution in [3.63, 3.8) is 0 Å². The van der Waals surface area contributed by atoms with Crippen LogP contribution in [0.3, 0.4) is 0 Å². The number of hydrogen-bond acceptors (Lipinski definition) is 3. The lowest BCUT2D eigenvalue weighted by Crippen LogP contribution is -2.33. The van der Waals surface area contributed by atoms with Gasteiger partial charge in [-0.3, -0.25) is 9.69 Å². The van der Waals surface area contributed by atoms with E-state index in [9.17, 15) is 4.79 Å². The molecular formula is C25H22N2O2S. The summed E-state index contributed by atoms with van der Waals surface area (Å²) in [5.74, 6) is 0.655. The first kappa shape index (κ1) is 19.9. The van der Waals surface area contributed by atoms with Crippen LogP contribution in [-0.4, -0.2) is 15.9 Å². The maximum Gasteiger partial charge on any atom is 0.277 e. The van der Waals surface area contributed by atoms with Crippen molar-refractivity contribution in [2.24, 2.45) is 0 Å².